The Bertz CT molecular complexity index is 661. The summed E-state index contributed by atoms with van der Waals surface area (Å²) in [6.45, 7) is 10.2. The second-order valence-electron chi connectivity index (χ2n) is 6.40. The van der Waals surface area contributed by atoms with E-state index < -0.39 is 0 Å². The summed E-state index contributed by atoms with van der Waals surface area (Å²) >= 11 is 1.93. The highest BCUT2D eigenvalue weighted by atomic mass is 32.2. The van der Waals surface area contributed by atoms with Crippen molar-refractivity contribution in [1.82, 2.24) is 4.90 Å². The third-order valence-corrected chi connectivity index (χ3v) is 6.10. The Morgan fingerprint density at radius 2 is 1.70 bits per heavy atom. The summed E-state index contributed by atoms with van der Waals surface area (Å²) in [6.07, 6.45) is 2.50. The average molecular weight is 326 g/mol. The van der Waals surface area contributed by atoms with Crippen LogP contribution in [0.2, 0.25) is 0 Å². The Morgan fingerprint density at radius 3 is 2.48 bits per heavy atom. The predicted octanol–water partition coefficient (Wildman–Crippen LogP) is 5.71. The lowest BCUT2D eigenvalue weighted by atomic mass is 9.86. The van der Waals surface area contributed by atoms with E-state index in [0.717, 1.165) is 13.1 Å². The van der Waals surface area contributed by atoms with Crippen molar-refractivity contribution >= 4 is 11.8 Å². The Hall–Kier alpha value is -1.25. The largest absolute Gasteiger partial charge is 0.304 e. The maximum atomic E-state index is 2.53. The van der Waals surface area contributed by atoms with Crippen molar-refractivity contribution in [3.63, 3.8) is 0 Å². The zero-order valence-corrected chi connectivity index (χ0v) is 15.3. The van der Waals surface area contributed by atoms with Crippen molar-refractivity contribution in [3.8, 4) is 0 Å². The van der Waals surface area contributed by atoms with Gasteiger partial charge in [0.05, 0.1) is 0 Å². The maximum absolute atomic E-state index is 2.53. The highest BCUT2D eigenvalue weighted by molar-refractivity contribution is 7.99. The molecule has 23 heavy (non-hydrogen) atoms. The zero-order valence-electron chi connectivity index (χ0n) is 14.5. The van der Waals surface area contributed by atoms with Gasteiger partial charge in [0, 0.05) is 15.7 Å². The van der Waals surface area contributed by atoms with Crippen molar-refractivity contribution in [3.05, 3.63) is 59.2 Å². The highest BCUT2D eigenvalue weighted by Crippen LogP contribution is 2.47. The molecule has 1 heterocycles. The number of rotatable bonds is 6. The van der Waals surface area contributed by atoms with Crippen LogP contribution in [-0.4, -0.2) is 24.5 Å². The van der Waals surface area contributed by atoms with Crippen molar-refractivity contribution in [2.45, 2.75) is 49.3 Å². The molecular formula is C21H27NS. The Balaban J connectivity index is 1.85. The van der Waals surface area contributed by atoms with Crippen LogP contribution in [0.1, 0.15) is 49.3 Å². The first-order valence-corrected chi connectivity index (χ1v) is 9.64. The molecule has 2 aromatic carbocycles. The molecular weight excluding hydrogens is 298 g/mol. The summed E-state index contributed by atoms with van der Waals surface area (Å²) in [6, 6.07) is 15.9. The number of hydrogen-bond acceptors (Lipinski definition) is 2. The van der Waals surface area contributed by atoms with Crippen LogP contribution in [0.3, 0.4) is 0 Å². The number of hydrogen-bond donors (Lipinski definition) is 0. The number of aryl methyl sites for hydroxylation is 1. The van der Waals surface area contributed by atoms with Crippen molar-refractivity contribution < 1.29 is 0 Å². The molecule has 2 aromatic rings. The third-order valence-electron chi connectivity index (χ3n) is 4.92. The zero-order chi connectivity index (χ0) is 16.2. The molecule has 122 valence electrons. The van der Waals surface area contributed by atoms with Gasteiger partial charge in [-0.25, -0.2) is 0 Å². The molecule has 1 aliphatic heterocycles. The Morgan fingerprint density at radius 1 is 0.957 bits per heavy atom. The van der Waals surface area contributed by atoms with Gasteiger partial charge < -0.3 is 4.90 Å². The number of fused-ring (bicyclic) bond motifs is 2. The molecule has 1 unspecified atom stereocenters. The van der Waals surface area contributed by atoms with E-state index in [9.17, 15) is 0 Å². The Labute approximate surface area is 145 Å². The Kier molecular flexibility index (Phi) is 5.45. The van der Waals surface area contributed by atoms with Crippen LogP contribution in [0.4, 0.5) is 0 Å². The van der Waals surface area contributed by atoms with Crippen molar-refractivity contribution in [2.75, 3.05) is 19.6 Å². The smallest absolute Gasteiger partial charge is 0.0160 e. The van der Waals surface area contributed by atoms with Gasteiger partial charge in [0.1, 0.15) is 0 Å². The van der Waals surface area contributed by atoms with Crippen LogP contribution >= 0.6 is 11.8 Å². The molecule has 0 fully saturated rings. The first kappa shape index (κ1) is 16.6. The second kappa shape index (κ2) is 7.55. The highest BCUT2D eigenvalue weighted by Gasteiger charge is 2.25. The molecule has 0 bridgehead atoms. The lowest BCUT2D eigenvalue weighted by molar-refractivity contribution is 0.294. The lowest BCUT2D eigenvalue weighted by Crippen LogP contribution is -2.24. The first-order chi connectivity index (χ1) is 11.2. The van der Waals surface area contributed by atoms with Gasteiger partial charge in [0.15, 0.2) is 0 Å². The first-order valence-electron chi connectivity index (χ1n) is 8.82. The van der Waals surface area contributed by atoms with E-state index in [2.05, 4.69) is 68.1 Å². The summed E-state index contributed by atoms with van der Waals surface area (Å²) in [5, 5.41) is 0. The fraction of sp³-hybridized carbons (Fsp3) is 0.429. The van der Waals surface area contributed by atoms with Gasteiger partial charge in [-0.15, -0.1) is 0 Å². The van der Waals surface area contributed by atoms with E-state index in [1.54, 1.807) is 0 Å². The van der Waals surface area contributed by atoms with Gasteiger partial charge in [0.25, 0.3) is 0 Å². The minimum absolute atomic E-state index is 0.554. The van der Waals surface area contributed by atoms with Crippen LogP contribution < -0.4 is 0 Å². The van der Waals surface area contributed by atoms with Crippen molar-refractivity contribution in [2.24, 2.45) is 0 Å². The molecule has 2 heteroatoms. The monoisotopic (exact) mass is 325 g/mol. The third kappa shape index (κ3) is 3.64. The lowest BCUT2D eigenvalue weighted by Gasteiger charge is -2.29. The fourth-order valence-electron chi connectivity index (χ4n) is 3.55. The summed E-state index contributed by atoms with van der Waals surface area (Å²) in [5.41, 5.74) is 4.43. The molecule has 0 aliphatic carbocycles. The minimum atomic E-state index is 0.554. The molecule has 3 rings (SSSR count). The standard InChI is InChI=1S/C21H27NS/c1-4-22(5-2)14-8-10-17-18-9-6-7-11-20(18)23-21-13-12-16(3)15-19(17)21/h6-7,9,11-13,15,17H,4-5,8,10,14H2,1-3H3. The van der Waals surface area contributed by atoms with Gasteiger partial charge in [0.2, 0.25) is 0 Å². The summed E-state index contributed by atoms with van der Waals surface area (Å²) in [5.74, 6) is 0.554. The van der Waals surface area contributed by atoms with E-state index in [1.807, 2.05) is 11.8 Å². The van der Waals surface area contributed by atoms with Gasteiger partial charge >= 0.3 is 0 Å². The minimum Gasteiger partial charge on any atom is -0.304 e. The molecule has 0 saturated heterocycles. The van der Waals surface area contributed by atoms with Crippen molar-refractivity contribution in [1.29, 1.82) is 0 Å². The van der Waals surface area contributed by atoms with Crippen LogP contribution in [0.5, 0.6) is 0 Å². The van der Waals surface area contributed by atoms with E-state index >= 15 is 0 Å². The molecule has 0 N–H and O–H groups in total. The topological polar surface area (TPSA) is 3.24 Å². The summed E-state index contributed by atoms with van der Waals surface area (Å²) in [7, 11) is 0. The summed E-state index contributed by atoms with van der Waals surface area (Å²) < 4.78 is 0. The van der Waals surface area contributed by atoms with Crippen LogP contribution in [0.15, 0.2) is 52.3 Å². The molecule has 1 atom stereocenters. The van der Waals surface area contributed by atoms with Crippen LogP contribution in [0, 0.1) is 6.92 Å². The normalized spacial score (nSPS) is 16.3. The molecule has 0 radical (unpaired) electrons. The van der Waals surface area contributed by atoms with E-state index in [0.29, 0.717) is 5.92 Å². The van der Waals surface area contributed by atoms with Gasteiger partial charge in [-0.3, -0.25) is 0 Å². The van der Waals surface area contributed by atoms with Gasteiger partial charge in [-0.2, -0.15) is 0 Å². The van der Waals surface area contributed by atoms with Crippen LogP contribution in [-0.2, 0) is 0 Å². The fourth-order valence-corrected chi connectivity index (χ4v) is 4.72. The molecule has 1 aliphatic rings. The average Bonchev–Trinajstić information content (AvgIpc) is 2.58. The van der Waals surface area contributed by atoms with Crippen LogP contribution in [0.25, 0.3) is 0 Å². The van der Waals surface area contributed by atoms with Gasteiger partial charge in [-0.1, -0.05) is 61.5 Å². The number of benzene rings is 2. The molecule has 0 aromatic heterocycles. The van der Waals surface area contributed by atoms with Gasteiger partial charge in [-0.05, 0) is 62.7 Å². The molecule has 0 saturated carbocycles. The summed E-state index contributed by atoms with van der Waals surface area (Å²) in [4.78, 5) is 5.42. The van der Waals surface area contributed by atoms with E-state index in [4.69, 9.17) is 0 Å². The van der Waals surface area contributed by atoms with E-state index in [-0.39, 0.29) is 0 Å². The van der Waals surface area contributed by atoms with E-state index in [1.165, 1.54) is 45.9 Å². The molecule has 0 amide bonds. The number of nitrogens with zero attached hydrogens (tertiary/aromatic N) is 1. The quantitative estimate of drug-likeness (QED) is 0.669. The maximum Gasteiger partial charge on any atom is 0.0160 e. The molecule has 1 nitrogen and oxygen atoms in total. The second-order valence-corrected chi connectivity index (χ2v) is 7.49. The predicted molar refractivity (Wildman–Crippen MR) is 101 cm³/mol. The molecule has 0 spiro atoms. The SMILES string of the molecule is CCN(CC)CCCC1c2ccccc2Sc2ccc(C)cc21.